The molecule has 0 saturated carbocycles. The van der Waals surface area contributed by atoms with E-state index >= 15 is 0 Å². The van der Waals surface area contributed by atoms with E-state index in [1.165, 1.54) is 18.9 Å². The Hall–Kier alpha value is -2.01. The molecule has 3 aliphatic heterocycles. The molecular weight excluding hydrogens is 418 g/mol. The average Bonchev–Trinajstić information content (AvgIpc) is 3.42. The Bertz CT molecular complexity index is 798. The molecule has 0 aliphatic carbocycles. The summed E-state index contributed by atoms with van der Waals surface area (Å²) in [4.78, 5) is 14.6. The van der Waals surface area contributed by atoms with Crippen molar-refractivity contribution in [2.24, 2.45) is 5.92 Å². The maximum Gasteiger partial charge on any atom is 0.330 e. The molecule has 1 aromatic carbocycles. The molecule has 1 aromatic rings. The molecule has 3 fully saturated rings. The van der Waals surface area contributed by atoms with Gasteiger partial charge in [-0.2, -0.15) is 0 Å². The third-order valence-corrected chi connectivity index (χ3v) is 6.58. The lowest BCUT2D eigenvalue weighted by Gasteiger charge is -2.39. The number of hydrogen-bond acceptors (Lipinski definition) is 9. The highest BCUT2D eigenvalue weighted by Crippen LogP contribution is 2.32. The summed E-state index contributed by atoms with van der Waals surface area (Å²) in [5.74, 6) is 0.410. The van der Waals surface area contributed by atoms with Crippen LogP contribution in [0, 0.1) is 5.92 Å². The largest absolute Gasteiger partial charge is 0.462 e. The number of carbonyl (C=O) groups is 1. The molecule has 7 atom stereocenters. The van der Waals surface area contributed by atoms with Crippen molar-refractivity contribution in [3.05, 3.63) is 35.9 Å². The van der Waals surface area contributed by atoms with Gasteiger partial charge in [-0.15, -0.1) is 0 Å². The van der Waals surface area contributed by atoms with Gasteiger partial charge in [-0.05, 0) is 56.1 Å². The van der Waals surface area contributed by atoms with Crippen LogP contribution in [0.4, 0.5) is 0 Å². The zero-order chi connectivity index (χ0) is 22.7. The van der Waals surface area contributed by atoms with Gasteiger partial charge in [0.2, 0.25) is 6.29 Å². The van der Waals surface area contributed by atoms with Gasteiger partial charge in [0, 0.05) is 18.0 Å². The minimum atomic E-state index is -1.50. The molecule has 0 bridgehead atoms. The minimum Gasteiger partial charge on any atom is -0.462 e. The van der Waals surface area contributed by atoms with Crippen molar-refractivity contribution in [1.82, 2.24) is 4.90 Å². The summed E-state index contributed by atoms with van der Waals surface area (Å²) in [5, 5.41) is 39.0. The fourth-order valence-electron chi connectivity index (χ4n) is 4.74. The monoisotopic (exact) mass is 449 g/mol. The van der Waals surface area contributed by atoms with Crippen LogP contribution in [0.15, 0.2) is 30.3 Å². The van der Waals surface area contributed by atoms with Gasteiger partial charge in [0.15, 0.2) is 0 Å². The smallest absolute Gasteiger partial charge is 0.330 e. The molecule has 32 heavy (non-hydrogen) atoms. The predicted molar refractivity (Wildman–Crippen MR) is 114 cm³/mol. The standard InChI is InChI=1S/C23H31NO8/c25-12-18-20(27)21(28)22(29)23(32-18)31-16-6-3-14(4-7-16)5-8-19(26)30-13-15-9-11-24-10-1-2-17(15)24/h3-8,15,17-18,20-23,25,27-29H,1-2,9-13H2/b8-5+/t15?,17-,18+,20-,21-,22+,23+/m0/s1. The predicted octanol–water partition coefficient (Wildman–Crippen LogP) is -0.0940. The first kappa shape index (κ1) is 23.2. The lowest BCUT2D eigenvalue weighted by molar-refractivity contribution is -0.277. The van der Waals surface area contributed by atoms with Crippen LogP contribution in [0.3, 0.4) is 0 Å². The number of hydrogen-bond donors (Lipinski definition) is 4. The van der Waals surface area contributed by atoms with Gasteiger partial charge in [0.25, 0.3) is 0 Å². The number of esters is 1. The highest BCUT2D eigenvalue weighted by Gasteiger charge is 2.44. The molecule has 0 amide bonds. The molecule has 0 aromatic heterocycles. The molecule has 1 unspecified atom stereocenters. The lowest BCUT2D eigenvalue weighted by Crippen LogP contribution is -2.60. The zero-order valence-electron chi connectivity index (χ0n) is 17.8. The van der Waals surface area contributed by atoms with Gasteiger partial charge in [-0.1, -0.05) is 12.1 Å². The number of aliphatic hydroxyl groups is 4. The Labute approximate surface area is 186 Å². The first-order chi connectivity index (χ1) is 15.5. The molecule has 9 heteroatoms. The summed E-state index contributed by atoms with van der Waals surface area (Å²) >= 11 is 0. The van der Waals surface area contributed by atoms with Crippen molar-refractivity contribution in [2.45, 2.75) is 56.0 Å². The van der Waals surface area contributed by atoms with Crippen molar-refractivity contribution >= 4 is 12.0 Å². The van der Waals surface area contributed by atoms with E-state index in [0.717, 1.165) is 25.1 Å². The number of ether oxygens (including phenoxy) is 3. The fourth-order valence-corrected chi connectivity index (χ4v) is 4.74. The molecule has 4 N–H and O–H groups in total. The van der Waals surface area contributed by atoms with Crippen LogP contribution in [0.5, 0.6) is 5.75 Å². The fraction of sp³-hybridized carbons (Fsp3) is 0.609. The molecule has 3 saturated heterocycles. The minimum absolute atomic E-state index is 0.358. The Kier molecular flexibility index (Phi) is 7.44. The Morgan fingerprint density at radius 1 is 1.09 bits per heavy atom. The molecule has 176 valence electrons. The first-order valence-electron chi connectivity index (χ1n) is 11.1. The number of carbonyl (C=O) groups excluding carboxylic acids is 1. The van der Waals surface area contributed by atoms with Crippen LogP contribution in [0.1, 0.15) is 24.8 Å². The van der Waals surface area contributed by atoms with Gasteiger partial charge in [-0.25, -0.2) is 4.79 Å². The van der Waals surface area contributed by atoms with E-state index in [-0.39, 0.29) is 5.97 Å². The summed E-state index contributed by atoms with van der Waals surface area (Å²) in [6.45, 7) is 2.19. The number of fused-ring (bicyclic) bond motifs is 1. The quantitative estimate of drug-likeness (QED) is 0.333. The summed E-state index contributed by atoms with van der Waals surface area (Å²) < 4.78 is 16.3. The van der Waals surface area contributed by atoms with Gasteiger partial charge in [0.1, 0.15) is 30.2 Å². The van der Waals surface area contributed by atoms with Crippen LogP contribution >= 0.6 is 0 Å². The van der Waals surface area contributed by atoms with Crippen LogP contribution < -0.4 is 4.74 Å². The second-order valence-corrected chi connectivity index (χ2v) is 8.64. The number of benzene rings is 1. The van der Waals surface area contributed by atoms with E-state index in [4.69, 9.17) is 14.2 Å². The van der Waals surface area contributed by atoms with Crippen LogP contribution in [-0.2, 0) is 14.3 Å². The van der Waals surface area contributed by atoms with E-state index in [1.54, 1.807) is 30.3 Å². The maximum absolute atomic E-state index is 12.1. The number of rotatable bonds is 7. The van der Waals surface area contributed by atoms with Crippen LogP contribution in [0.25, 0.3) is 6.08 Å². The molecule has 3 aliphatic rings. The summed E-state index contributed by atoms with van der Waals surface area (Å²) in [6, 6.07) is 7.25. The lowest BCUT2D eigenvalue weighted by atomic mass is 9.99. The molecule has 0 spiro atoms. The van der Waals surface area contributed by atoms with Crippen molar-refractivity contribution in [1.29, 1.82) is 0 Å². The van der Waals surface area contributed by atoms with Crippen molar-refractivity contribution in [3.63, 3.8) is 0 Å². The van der Waals surface area contributed by atoms with Crippen LogP contribution in [0.2, 0.25) is 0 Å². The third kappa shape index (κ3) is 5.14. The highest BCUT2D eigenvalue weighted by molar-refractivity contribution is 5.87. The van der Waals surface area contributed by atoms with Gasteiger partial charge in [0.05, 0.1) is 13.2 Å². The van der Waals surface area contributed by atoms with Crippen molar-refractivity contribution in [3.8, 4) is 5.75 Å². The second kappa shape index (κ2) is 10.3. The molecule has 4 rings (SSSR count). The van der Waals surface area contributed by atoms with E-state index < -0.39 is 37.3 Å². The number of nitrogens with zero attached hydrogens (tertiary/aromatic N) is 1. The van der Waals surface area contributed by atoms with Crippen molar-refractivity contribution < 1.29 is 39.4 Å². The van der Waals surface area contributed by atoms with Gasteiger partial charge >= 0.3 is 5.97 Å². The highest BCUT2D eigenvalue weighted by atomic mass is 16.7. The summed E-state index contributed by atoms with van der Waals surface area (Å²) in [7, 11) is 0. The average molecular weight is 450 g/mol. The maximum atomic E-state index is 12.1. The summed E-state index contributed by atoms with van der Waals surface area (Å²) in [6.07, 6.45) is -0.143. The Morgan fingerprint density at radius 3 is 2.62 bits per heavy atom. The molecule has 3 heterocycles. The first-order valence-corrected chi connectivity index (χ1v) is 11.1. The van der Waals surface area contributed by atoms with E-state index in [9.17, 15) is 25.2 Å². The molecular formula is C23H31NO8. The second-order valence-electron chi connectivity index (χ2n) is 8.64. The topological polar surface area (TPSA) is 129 Å². The van der Waals surface area contributed by atoms with Gasteiger partial charge in [-0.3, -0.25) is 4.90 Å². The van der Waals surface area contributed by atoms with E-state index in [1.807, 2.05) is 0 Å². The van der Waals surface area contributed by atoms with E-state index in [2.05, 4.69) is 4.90 Å². The third-order valence-electron chi connectivity index (χ3n) is 6.58. The Balaban J connectivity index is 1.26. The zero-order valence-corrected chi connectivity index (χ0v) is 17.8. The molecule has 0 radical (unpaired) electrons. The van der Waals surface area contributed by atoms with Gasteiger partial charge < -0.3 is 34.6 Å². The Morgan fingerprint density at radius 2 is 1.88 bits per heavy atom. The molecule has 9 nitrogen and oxygen atoms in total. The van der Waals surface area contributed by atoms with Crippen LogP contribution in [-0.4, -0.2) is 94.3 Å². The van der Waals surface area contributed by atoms with E-state index in [0.29, 0.717) is 24.3 Å². The SMILES string of the molecule is O=C(/C=C/c1ccc(O[C@@H]2O[C@H](CO)[C@H](O)[C@H](O)[C@H]2O)cc1)OCC1CCN2CCC[C@@H]12. The number of aliphatic hydroxyl groups excluding tert-OH is 4. The summed E-state index contributed by atoms with van der Waals surface area (Å²) in [5.41, 5.74) is 0.755. The van der Waals surface area contributed by atoms with Crippen molar-refractivity contribution in [2.75, 3.05) is 26.3 Å². The normalized spacial score (nSPS) is 35.2.